The molecule has 5 N–H and O–H groups in total. The minimum atomic E-state index is -1.28. The third-order valence-electron chi connectivity index (χ3n) is 4.51. The molecule has 1 unspecified atom stereocenters. The number of aliphatic carboxylic acids is 1. The molecule has 1 aromatic heterocycles. The van der Waals surface area contributed by atoms with E-state index in [9.17, 15) is 24.8 Å². The quantitative estimate of drug-likeness (QED) is 0.0981. The van der Waals surface area contributed by atoms with Crippen LogP contribution in [0, 0.1) is 17.0 Å². The fraction of sp³-hybridized carbons (Fsp3) is 0.333. The van der Waals surface area contributed by atoms with Crippen molar-refractivity contribution in [2.75, 3.05) is 11.9 Å². The second-order valence-electron chi connectivity index (χ2n) is 7.11. The highest BCUT2D eigenvalue weighted by Gasteiger charge is 2.27. The zero-order valence-electron chi connectivity index (χ0n) is 18.1. The number of nitro benzene ring substituents is 1. The van der Waals surface area contributed by atoms with Crippen LogP contribution >= 0.6 is 0 Å². The number of aromatic nitrogens is 1. The number of rotatable bonds is 11. The van der Waals surface area contributed by atoms with E-state index < -0.39 is 35.3 Å². The van der Waals surface area contributed by atoms with E-state index in [0.717, 1.165) is 11.4 Å². The summed E-state index contributed by atoms with van der Waals surface area (Å²) in [5.41, 5.74) is 0.792. The summed E-state index contributed by atoms with van der Waals surface area (Å²) in [6, 6.07) is 8.95. The Hall–Kier alpha value is -4.22. The van der Waals surface area contributed by atoms with Crippen LogP contribution in [0.25, 0.3) is 0 Å². The van der Waals surface area contributed by atoms with Crippen LogP contribution in [0.1, 0.15) is 42.9 Å². The molecule has 0 radical (unpaired) electrons. The molecule has 0 saturated carbocycles. The first kappa shape index (κ1) is 25.0. The van der Waals surface area contributed by atoms with E-state index in [0.29, 0.717) is 19.4 Å². The van der Waals surface area contributed by atoms with E-state index in [1.165, 1.54) is 24.3 Å². The molecular weight excluding hydrogens is 432 g/mol. The molecule has 0 aliphatic heterocycles. The number of nitrogens with one attached hydrogen (secondary N) is 2. The number of hydrazone groups is 1. The van der Waals surface area contributed by atoms with Crippen molar-refractivity contribution in [3.8, 4) is 0 Å². The van der Waals surface area contributed by atoms with Crippen molar-refractivity contribution in [1.29, 1.82) is 0 Å². The minimum Gasteiger partial charge on any atom is -0.481 e. The van der Waals surface area contributed by atoms with Crippen molar-refractivity contribution in [3.05, 3.63) is 63.8 Å². The van der Waals surface area contributed by atoms with Crippen LogP contribution < -0.4 is 16.5 Å². The van der Waals surface area contributed by atoms with E-state index in [1.807, 2.05) is 19.1 Å². The van der Waals surface area contributed by atoms with Gasteiger partial charge in [0.25, 0.3) is 5.69 Å². The van der Waals surface area contributed by atoms with Crippen LogP contribution in [0.4, 0.5) is 11.5 Å². The van der Waals surface area contributed by atoms with Gasteiger partial charge in [-0.1, -0.05) is 12.1 Å². The van der Waals surface area contributed by atoms with Crippen molar-refractivity contribution in [2.24, 2.45) is 10.9 Å². The van der Waals surface area contributed by atoms with Crippen molar-refractivity contribution < 1.29 is 24.4 Å². The Bertz CT molecular complexity index is 1010. The summed E-state index contributed by atoms with van der Waals surface area (Å²) in [5.74, 6) is 4.34. The van der Waals surface area contributed by atoms with Gasteiger partial charge in [-0.25, -0.2) is 4.98 Å². The maximum absolute atomic E-state index is 12.2. The number of ether oxygens (including phenoxy) is 1. The Balaban J connectivity index is 1.89. The van der Waals surface area contributed by atoms with Gasteiger partial charge in [-0.05, 0) is 43.5 Å². The van der Waals surface area contributed by atoms with Crippen LogP contribution in [-0.2, 0) is 14.3 Å². The van der Waals surface area contributed by atoms with Crippen LogP contribution in [-0.4, -0.2) is 39.5 Å². The molecular formula is C21H26N6O6. The molecule has 2 aromatic rings. The van der Waals surface area contributed by atoms with Gasteiger partial charge in [-0.15, -0.1) is 5.10 Å². The number of nitro groups is 1. The smallest absolute Gasteiger partial charge is 0.313 e. The van der Waals surface area contributed by atoms with Crippen LogP contribution in [0.15, 0.2) is 47.7 Å². The summed E-state index contributed by atoms with van der Waals surface area (Å²) in [6.45, 7) is 2.59. The third kappa shape index (κ3) is 8.44. The molecule has 176 valence electrons. The van der Waals surface area contributed by atoms with E-state index in [-0.39, 0.29) is 17.7 Å². The Kier molecular flexibility index (Phi) is 9.55. The van der Waals surface area contributed by atoms with Crippen LogP contribution in [0.2, 0.25) is 0 Å². The van der Waals surface area contributed by atoms with Gasteiger partial charge in [0.05, 0.1) is 16.9 Å². The number of para-hydroxylation sites is 1. The first-order valence-electron chi connectivity index (χ1n) is 10.2. The second kappa shape index (κ2) is 12.6. The lowest BCUT2D eigenvalue weighted by atomic mass is 10.0. The highest BCUT2D eigenvalue weighted by atomic mass is 16.6. The predicted octanol–water partition coefficient (Wildman–Crippen LogP) is 2.46. The van der Waals surface area contributed by atoms with E-state index in [2.05, 4.69) is 20.7 Å². The van der Waals surface area contributed by atoms with Gasteiger partial charge in [0, 0.05) is 25.2 Å². The molecule has 12 heteroatoms. The molecule has 0 spiro atoms. The third-order valence-corrected chi connectivity index (χ3v) is 4.51. The number of carboxylic acids is 1. The van der Waals surface area contributed by atoms with Gasteiger partial charge in [0.2, 0.25) is 5.91 Å². The Morgan fingerprint density at radius 2 is 2.06 bits per heavy atom. The Labute approximate surface area is 190 Å². The lowest BCUT2D eigenvalue weighted by Gasteiger charge is -2.18. The van der Waals surface area contributed by atoms with Crippen molar-refractivity contribution in [2.45, 2.75) is 38.7 Å². The van der Waals surface area contributed by atoms with Crippen LogP contribution in [0.3, 0.4) is 0 Å². The van der Waals surface area contributed by atoms with Crippen molar-refractivity contribution >= 4 is 29.4 Å². The molecule has 0 fully saturated rings. The SMILES string of the molecule is Cc1ccnc(NCCCCC(=O)NC(=NN)OC(CC(=O)O)c2ccccc2[N+](=O)[O-])c1. The summed E-state index contributed by atoms with van der Waals surface area (Å²) in [7, 11) is 0. The molecule has 0 bridgehead atoms. The molecule has 33 heavy (non-hydrogen) atoms. The highest BCUT2D eigenvalue weighted by molar-refractivity contribution is 5.94. The molecule has 1 aromatic carbocycles. The van der Waals surface area contributed by atoms with Crippen LogP contribution in [0.5, 0.6) is 0 Å². The number of carbonyl (C=O) groups excluding carboxylic acids is 1. The molecule has 0 aliphatic carbocycles. The summed E-state index contributed by atoms with van der Waals surface area (Å²) >= 11 is 0. The maximum atomic E-state index is 12.2. The fourth-order valence-corrected chi connectivity index (χ4v) is 2.97. The number of hydrogen-bond donors (Lipinski definition) is 4. The first-order chi connectivity index (χ1) is 15.8. The van der Waals surface area contributed by atoms with Gasteiger partial charge in [-0.2, -0.15) is 0 Å². The second-order valence-corrected chi connectivity index (χ2v) is 7.11. The monoisotopic (exact) mass is 458 g/mol. The van der Waals surface area contributed by atoms with E-state index >= 15 is 0 Å². The zero-order chi connectivity index (χ0) is 24.2. The molecule has 12 nitrogen and oxygen atoms in total. The van der Waals surface area contributed by atoms with Gasteiger partial charge in [0.1, 0.15) is 11.9 Å². The standard InChI is InChI=1S/C21H26N6O6/c1-14-9-11-24-18(12-14)23-10-5-4-8-19(28)25-21(26-22)33-17(13-20(29)30)15-6-2-3-7-16(15)27(31)32/h2-3,6-7,9,11-12,17H,4-5,8,10,13,22H2,1H3,(H,23,24)(H,29,30)(H,25,26,28). The molecule has 1 amide bonds. The highest BCUT2D eigenvalue weighted by Crippen LogP contribution is 2.30. The average molecular weight is 458 g/mol. The molecule has 0 saturated heterocycles. The van der Waals surface area contributed by atoms with Crippen molar-refractivity contribution in [3.63, 3.8) is 0 Å². The number of nitrogens with two attached hydrogens (primary N) is 1. The normalized spacial score (nSPS) is 12.0. The molecule has 1 heterocycles. The summed E-state index contributed by atoms with van der Waals surface area (Å²) < 4.78 is 5.44. The Morgan fingerprint density at radius 3 is 2.73 bits per heavy atom. The average Bonchev–Trinajstić information content (AvgIpc) is 2.77. The van der Waals surface area contributed by atoms with Gasteiger partial charge < -0.3 is 21.0 Å². The number of unbranched alkanes of at least 4 members (excludes halogenated alkanes) is 1. The molecule has 2 rings (SSSR count). The summed E-state index contributed by atoms with van der Waals surface area (Å²) in [4.78, 5) is 38.3. The lowest BCUT2D eigenvalue weighted by Crippen LogP contribution is -2.34. The zero-order valence-corrected chi connectivity index (χ0v) is 18.1. The maximum Gasteiger partial charge on any atom is 0.313 e. The number of hydrogen-bond acceptors (Lipinski definition) is 9. The largest absolute Gasteiger partial charge is 0.481 e. The Morgan fingerprint density at radius 1 is 1.30 bits per heavy atom. The number of benzene rings is 1. The number of anilines is 1. The summed E-state index contributed by atoms with van der Waals surface area (Å²) in [6.07, 6.45) is 1.21. The molecule has 0 aliphatic rings. The van der Waals surface area contributed by atoms with Gasteiger partial charge in [-0.3, -0.25) is 25.0 Å². The number of carboxylic acid groups (broad SMARTS) is 1. The lowest BCUT2D eigenvalue weighted by molar-refractivity contribution is -0.386. The minimum absolute atomic E-state index is 0.0242. The number of pyridine rings is 1. The number of nitrogens with zero attached hydrogens (tertiary/aromatic N) is 3. The topological polar surface area (TPSA) is 182 Å². The van der Waals surface area contributed by atoms with E-state index in [4.69, 9.17) is 10.6 Å². The van der Waals surface area contributed by atoms with Gasteiger partial charge in [0.15, 0.2) is 0 Å². The fourth-order valence-electron chi connectivity index (χ4n) is 2.97. The van der Waals surface area contributed by atoms with E-state index in [1.54, 1.807) is 6.20 Å². The predicted molar refractivity (Wildman–Crippen MR) is 120 cm³/mol. The number of aryl methyl sites for hydroxylation is 1. The number of amidine groups is 1. The summed E-state index contributed by atoms with van der Waals surface area (Å²) in [5, 5.41) is 29.4. The molecule has 1 atom stereocenters. The number of amides is 1. The van der Waals surface area contributed by atoms with Crippen molar-refractivity contribution in [1.82, 2.24) is 10.3 Å². The number of carbonyl (C=O) groups is 2. The van der Waals surface area contributed by atoms with Gasteiger partial charge >= 0.3 is 12.0 Å². The first-order valence-corrected chi connectivity index (χ1v) is 10.2.